The van der Waals surface area contributed by atoms with Crippen LogP contribution in [0.5, 0.6) is 0 Å². The third kappa shape index (κ3) is 4.55. The molecular weight excluding hydrogens is 220 g/mol. The summed E-state index contributed by atoms with van der Waals surface area (Å²) in [6.45, 7) is 8.20. The number of hydrogen-bond acceptors (Lipinski definition) is 2. The van der Waals surface area contributed by atoms with Gasteiger partial charge in [0.05, 0.1) is 0 Å². The van der Waals surface area contributed by atoms with Gasteiger partial charge in [-0.1, -0.05) is 33.6 Å². The molecule has 0 bridgehead atoms. The summed E-state index contributed by atoms with van der Waals surface area (Å²) in [6.07, 6.45) is 8.35. The summed E-state index contributed by atoms with van der Waals surface area (Å²) >= 11 is 0. The first-order chi connectivity index (χ1) is 8.62. The van der Waals surface area contributed by atoms with Crippen LogP contribution in [0.2, 0.25) is 0 Å². The Kier molecular flexibility index (Phi) is 7.25. The molecule has 108 valence electrons. The summed E-state index contributed by atoms with van der Waals surface area (Å²) in [5.74, 6) is 1.77. The molecule has 0 spiro atoms. The van der Waals surface area contributed by atoms with E-state index in [1.807, 2.05) is 0 Å². The molecule has 0 amide bonds. The van der Waals surface area contributed by atoms with E-state index in [0.29, 0.717) is 6.04 Å². The summed E-state index contributed by atoms with van der Waals surface area (Å²) in [5, 5.41) is 3.50. The number of likely N-dealkylation sites (N-methyl/N-ethyl adjacent to an activating group) is 2. The molecule has 0 aromatic rings. The molecule has 2 heteroatoms. The van der Waals surface area contributed by atoms with Crippen molar-refractivity contribution in [3.05, 3.63) is 0 Å². The van der Waals surface area contributed by atoms with E-state index in [0.717, 1.165) is 17.9 Å². The third-order valence-electron chi connectivity index (χ3n) is 5.20. The van der Waals surface area contributed by atoms with E-state index < -0.39 is 0 Å². The molecule has 1 fully saturated rings. The van der Waals surface area contributed by atoms with Crippen molar-refractivity contribution in [2.75, 3.05) is 20.6 Å². The van der Waals surface area contributed by atoms with E-state index in [4.69, 9.17) is 0 Å². The molecule has 0 heterocycles. The first-order valence-electron chi connectivity index (χ1n) is 7.99. The van der Waals surface area contributed by atoms with E-state index in [1.54, 1.807) is 0 Å². The van der Waals surface area contributed by atoms with Gasteiger partial charge in [0.1, 0.15) is 0 Å². The van der Waals surface area contributed by atoms with Crippen LogP contribution in [-0.2, 0) is 0 Å². The summed E-state index contributed by atoms with van der Waals surface area (Å²) in [4.78, 5) is 2.61. The lowest BCUT2D eigenvalue weighted by Crippen LogP contribution is -2.46. The van der Waals surface area contributed by atoms with Crippen molar-refractivity contribution < 1.29 is 0 Å². The monoisotopic (exact) mass is 254 g/mol. The minimum absolute atomic E-state index is 0.642. The summed E-state index contributed by atoms with van der Waals surface area (Å²) in [7, 11) is 4.43. The summed E-state index contributed by atoms with van der Waals surface area (Å²) in [5.41, 5.74) is 0. The van der Waals surface area contributed by atoms with Crippen molar-refractivity contribution in [3.63, 3.8) is 0 Å². The van der Waals surface area contributed by atoms with Crippen molar-refractivity contribution in [2.45, 2.75) is 71.4 Å². The second-order valence-corrected chi connectivity index (χ2v) is 6.30. The van der Waals surface area contributed by atoms with Crippen LogP contribution in [0.4, 0.5) is 0 Å². The Balaban J connectivity index is 2.38. The zero-order valence-electron chi connectivity index (χ0n) is 13.2. The minimum atomic E-state index is 0.642. The highest BCUT2D eigenvalue weighted by atomic mass is 15.2. The Labute approximate surface area is 115 Å². The van der Waals surface area contributed by atoms with Crippen LogP contribution < -0.4 is 5.32 Å². The van der Waals surface area contributed by atoms with Crippen LogP contribution in [-0.4, -0.2) is 37.6 Å². The van der Waals surface area contributed by atoms with Gasteiger partial charge in [-0.15, -0.1) is 0 Å². The Hall–Kier alpha value is -0.0800. The van der Waals surface area contributed by atoms with Crippen molar-refractivity contribution in [1.29, 1.82) is 0 Å². The molecule has 1 rings (SSSR count). The van der Waals surface area contributed by atoms with Crippen molar-refractivity contribution >= 4 is 0 Å². The average Bonchev–Trinajstić information content (AvgIpc) is 2.43. The van der Waals surface area contributed by atoms with Crippen LogP contribution in [0.25, 0.3) is 0 Å². The van der Waals surface area contributed by atoms with Gasteiger partial charge >= 0.3 is 0 Å². The van der Waals surface area contributed by atoms with Crippen molar-refractivity contribution in [2.24, 2.45) is 11.8 Å². The third-order valence-corrected chi connectivity index (χ3v) is 5.20. The first-order valence-corrected chi connectivity index (χ1v) is 7.99. The second-order valence-electron chi connectivity index (χ2n) is 6.30. The molecule has 18 heavy (non-hydrogen) atoms. The zero-order valence-corrected chi connectivity index (χ0v) is 13.2. The molecule has 0 aliphatic heterocycles. The number of hydrogen-bond donors (Lipinski definition) is 1. The molecule has 0 aromatic heterocycles. The van der Waals surface area contributed by atoms with Crippen molar-refractivity contribution in [1.82, 2.24) is 10.2 Å². The van der Waals surface area contributed by atoms with E-state index >= 15 is 0 Å². The quantitative estimate of drug-likeness (QED) is 0.748. The predicted molar refractivity (Wildman–Crippen MR) is 81.0 cm³/mol. The van der Waals surface area contributed by atoms with Gasteiger partial charge in [0.2, 0.25) is 0 Å². The van der Waals surface area contributed by atoms with Gasteiger partial charge in [-0.2, -0.15) is 0 Å². The molecule has 2 nitrogen and oxygen atoms in total. The van der Waals surface area contributed by atoms with Crippen LogP contribution >= 0.6 is 0 Å². The SMILES string of the molecule is CCC1CCC(N(C)CC(NC)C(C)CC)CC1. The fraction of sp³-hybridized carbons (Fsp3) is 1.00. The highest BCUT2D eigenvalue weighted by Gasteiger charge is 2.25. The molecule has 2 unspecified atom stereocenters. The standard InChI is InChI=1S/C16H34N2/c1-6-13(3)16(17-4)12-18(5)15-10-8-14(7-2)9-11-15/h13-17H,6-12H2,1-5H3. The molecule has 0 aromatic carbocycles. The number of nitrogens with one attached hydrogen (secondary N) is 1. The van der Waals surface area contributed by atoms with Gasteiger partial charge in [-0.3, -0.25) is 0 Å². The van der Waals surface area contributed by atoms with E-state index in [9.17, 15) is 0 Å². The topological polar surface area (TPSA) is 15.3 Å². The van der Waals surface area contributed by atoms with E-state index in [2.05, 4.69) is 45.1 Å². The van der Waals surface area contributed by atoms with E-state index in [1.165, 1.54) is 45.1 Å². The van der Waals surface area contributed by atoms with Crippen molar-refractivity contribution in [3.8, 4) is 0 Å². The van der Waals surface area contributed by atoms with E-state index in [-0.39, 0.29) is 0 Å². The smallest absolute Gasteiger partial charge is 0.0217 e. The highest BCUT2D eigenvalue weighted by molar-refractivity contribution is 4.81. The van der Waals surface area contributed by atoms with Crippen LogP contribution in [0.3, 0.4) is 0 Å². The Morgan fingerprint density at radius 1 is 1.17 bits per heavy atom. The van der Waals surface area contributed by atoms with Crippen LogP contribution in [0, 0.1) is 11.8 Å². The molecule has 0 saturated heterocycles. The summed E-state index contributed by atoms with van der Waals surface area (Å²) in [6, 6.07) is 1.47. The summed E-state index contributed by atoms with van der Waals surface area (Å²) < 4.78 is 0. The fourth-order valence-corrected chi connectivity index (χ4v) is 3.29. The highest BCUT2D eigenvalue weighted by Crippen LogP contribution is 2.29. The Bertz CT molecular complexity index is 209. The molecule has 0 radical (unpaired) electrons. The lowest BCUT2D eigenvalue weighted by Gasteiger charge is -2.37. The van der Waals surface area contributed by atoms with Gasteiger partial charge < -0.3 is 10.2 Å². The minimum Gasteiger partial charge on any atom is -0.315 e. The van der Waals surface area contributed by atoms with Gasteiger partial charge in [0.15, 0.2) is 0 Å². The van der Waals surface area contributed by atoms with Gasteiger partial charge in [-0.05, 0) is 51.6 Å². The number of nitrogens with zero attached hydrogens (tertiary/aromatic N) is 1. The second kappa shape index (κ2) is 8.16. The Morgan fingerprint density at radius 2 is 1.78 bits per heavy atom. The largest absolute Gasteiger partial charge is 0.315 e. The lowest BCUT2D eigenvalue weighted by atomic mass is 9.84. The average molecular weight is 254 g/mol. The maximum absolute atomic E-state index is 3.50. The zero-order chi connectivity index (χ0) is 13.5. The van der Waals surface area contributed by atoms with Crippen LogP contribution in [0.15, 0.2) is 0 Å². The molecule has 1 N–H and O–H groups in total. The van der Waals surface area contributed by atoms with Gasteiger partial charge in [0.25, 0.3) is 0 Å². The first kappa shape index (κ1) is 16.0. The molecule has 2 atom stereocenters. The Morgan fingerprint density at radius 3 is 2.22 bits per heavy atom. The fourth-order valence-electron chi connectivity index (χ4n) is 3.29. The van der Waals surface area contributed by atoms with Gasteiger partial charge in [-0.25, -0.2) is 0 Å². The van der Waals surface area contributed by atoms with Gasteiger partial charge in [0, 0.05) is 18.6 Å². The number of rotatable bonds is 7. The molecule has 1 aliphatic rings. The maximum Gasteiger partial charge on any atom is 0.0217 e. The normalized spacial score (nSPS) is 28.3. The molecule has 1 aliphatic carbocycles. The lowest BCUT2D eigenvalue weighted by molar-refractivity contribution is 0.141. The molecule has 1 saturated carbocycles. The predicted octanol–water partition coefficient (Wildman–Crippen LogP) is 3.52. The van der Waals surface area contributed by atoms with Crippen LogP contribution in [0.1, 0.15) is 59.3 Å². The maximum atomic E-state index is 3.50. The molecular formula is C16H34N2.